The molecule has 1 aliphatic rings. The van der Waals surface area contributed by atoms with Gasteiger partial charge in [0.25, 0.3) is 11.8 Å². The maximum atomic E-state index is 12.7. The van der Waals surface area contributed by atoms with Gasteiger partial charge in [0.1, 0.15) is 5.00 Å². The zero-order valence-corrected chi connectivity index (χ0v) is 16.2. The van der Waals surface area contributed by atoms with E-state index in [-0.39, 0.29) is 5.91 Å². The van der Waals surface area contributed by atoms with Crippen LogP contribution in [0.15, 0.2) is 24.3 Å². The number of benzene rings is 1. The van der Waals surface area contributed by atoms with E-state index in [0.717, 1.165) is 31.2 Å². The van der Waals surface area contributed by atoms with Crippen molar-refractivity contribution in [3.63, 3.8) is 0 Å². The van der Waals surface area contributed by atoms with E-state index in [1.165, 1.54) is 34.6 Å². The number of amides is 2. The van der Waals surface area contributed by atoms with Crippen molar-refractivity contribution in [2.24, 2.45) is 5.73 Å². The number of carbonyl (C=O) groups excluding carboxylic acids is 2. The number of thiophene rings is 1. The molecular weight excluding hydrogens is 344 g/mol. The minimum Gasteiger partial charge on any atom is -0.365 e. The third kappa shape index (κ3) is 3.98. The zero-order valence-electron chi connectivity index (χ0n) is 15.4. The Labute approximate surface area is 158 Å². The Morgan fingerprint density at radius 1 is 1.04 bits per heavy atom. The summed E-state index contributed by atoms with van der Waals surface area (Å²) in [5.74, 6) is -0.226. The van der Waals surface area contributed by atoms with Gasteiger partial charge in [0.05, 0.1) is 5.56 Å². The second-order valence-corrected chi connectivity index (χ2v) is 8.32. The minimum atomic E-state index is -0.450. The van der Waals surface area contributed by atoms with E-state index >= 15 is 0 Å². The van der Waals surface area contributed by atoms with Crippen LogP contribution < -0.4 is 11.1 Å². The van der Waals surface area contributed by atoms with E-state index in [1.807, 2.05) is 24.3 Å². The van der Waals surface area contributed by atoms with Gasteiger partial charge in [0.15, 0.2) is 0 Å². The Morgan fingerprint density at radius 2 is 1.69 bits per heavy atom. The van der Waals surface area contributed by atoms with Crippen molar-refractivity contribution in [3.05, 3.63) is 51.4 Å². The van der Waals surface area contributed by atoms with Gasteiger partial charge in [0, 0.05) is 10.4 Å². The van der Waals surface area contributed by atoms with Crippen LogP contribution in [0.4, 0.5) is 5.00 Å². The molecule has 1 aromatic carbocycles. The summed E-state index contributed by atoms with van der Waals surface area (Å²) in [5, 5.41) is 3.53. The van der Waals surface area contributed by atoms with E-state index in [1.54, 1.807) is 0 Å². The number of aryl methyl sites for hydroxylation is 1. The number of fused-ring (bicyclic) bond motifs is 1. The molecular formula is C21H26N2O2S. The Morgan fingerprint density at radius 3 is 2.31 bits per heavy atom. The summed E-state index contributed by atoms with van der Waals surface area (Å²) in [4.78, 5) is 25.9. The monoisotopic (exact) mass is 370 g/mol. The summed E-state index contributed by atoms with van der Waals surface area (Å²) in [6.07, 6.45) is 6.40. The van der Waals surface area contributed by atoms with Gasteiger partial charge in [-0.05, 0) is 54.9 Å². The number of nitrogens with two attached hydrogens (primary N) is 1. The molecule has 2 aromatic rings. The van der Waals surface area contributed by atoms with Gasteiger partial charge in [-0.2, -0.15) is 0 Å². The molecule has 0 radical (unpaired) electrons. The van der Waals surface area contributed by atoms with Crippen LogP contribution in [0, 0.1) is 0 Å². The molecule has 0 unspecified atom stereocenters. The molecule has 5 heteroatoms. The first-order valence-corrected chi connectivity index (χ1v) is 10.1. The molecule has 26 heavy (non-hydrogen) atoms. The Kier molecular flexibility index (Phi) is 5.77. The molecule has 138 valence electrons. The average molecular weight is 371 g/mol. The summed E-state index contributed by atoms with van der Waals surface area (Å²) in [6, 6.07) is 7.61. The fourth-order valence-electron chi connectivity index (χ4n) is 3.46. The van der Waals surface area contributed by atoms with Crippen molar-refractivity contribution in [1.29, 1.82) is 0 Å². The van der Waals surface area contributed by atoms with Crippen molar-refractivity contribution in [1.82, 2.24) is 0 Å². The number of hydrogen-bond acceptors (Lipinski definition) is 3. The molecule has 0 saturated heterocycles. The lowest BCUT2D eigenvalue weighted by Gasteiger charge is -2.10. The molecule has 0 aliphatic heterocycles. The highest BCUT2D eigenvalue weighted by atomic mass is 32.1. The van der Waals surface area contributed by atoms with Crippen molar-refractivity contribution in [2.75, 3.05) is 5.32 Å². The molecule has 0 saturated carbocycles. The summed E-state index contributed by atoms with van der Waals surface area (Å²) in [7, 11) is 0. The molecule has 1 aliphatic carbocycles. The van der Waals surface area contributed by atoms with Gasteiger partial charge in [-0.3, -0.25) is 9.59 Å². The van der Waals surface area contributed by atoms with Crippen molar-refractivity contribution < 1.29 is 9.59 Å². The maximum Gasteiger partial charge on any atom is 0.256 e. The molecule has 3 rings (SSSR count). The van der Waals surface area contributed by atoms with Gasteiger partial charge in [-0.25, -0.2) is 0 Å². The number of carbonyl (C=O) groups is 2. The van der Waals surface area contributed by atoms with Gasteiger partial charge >= 0.3 is 0 Å². The van der Waals surface area contributed by atoms with Crippen molar-refractivity contribution >= 4 is 28.2 Å². The zero-order chi connectivity index (χ0) is 18.7. The van der Waals surface area contributed by atoms with Crippen LogP contribution in [-0.2, 0) is 12.8 Å². The normalized spacial score (nSPS) is 14.4. The van der Waals surface area contributed by atoms with E-state index in [4.69, 9.17) is 5.73 Å². The second-order valence-electron chi connectivity index (χ2n) is 7.22. The first kappa shape index (κ1) is 18.6. The predicted molar refractivity (Wildman–Crippen MR) is 107 cm³/mol. The van der Waals surface area contributed by atoms with Crippen LogP contribution in [-0.4, -0.2) is 11.8 Å². The average Bonchev–Trinajstić information content (AvgIpc) is 2.91. The summed E-state index contributed by atoms with van der Waals surface area (Å²) < 4.78 is 0. The number of anilines is 1. The van der Waals surface area contributed by atoms with Crippen LogP contribution in [0.25, 0.3) is 0 Å². The minimum absolute atomic E-state index is 0.197. The lowest BCUT2D eigenvalue weighted by Crippen LogP contribution is -2.18. The SMILES string of the molecule is CC(C)c1ccc(C(=O)Nc2sc3c(c2C(N)=O)CCCCCC3)cc1. The molecule has 2 amide bonds. The van der Waals surface area contributed by atoms with E-state index in [2.05, 4.69) is 19.2 Å². The molecule has 0 bridgehead atoms. The Balaban J connectivity index is 1.87. The van der Waals surface area contributed by atoms with Crippen LogP contribution in [0.2, 0.25) is 0 Å². The van der Waals surface area contributed by atoms with E-state index in [0.29, 0.717) is 22.0 Å². The standard InChI is InChI=1S/C21H26N2O2S/c1-13(2)14-9-11-15(12-10-14)20(25)23-21-18(19(22)24)16-7-5-3-4-6-8-17(16)26-21/h9-13H,3-8H2,1-2H3,(H2,22,24)(H,23,25). The van der Waals surface area contributed by atoms with Crippen molar-refractivity contribution in [3.8, 4) is 0 Å². The molecule has 0 fully saturated rings. The van der Waals surface area contributed by atoms with Crippen LogP contribution in [0.5, 0.6) is 0 Å². The van der Waals surface area contributed by atoms with Crippen LogP contribution in [0.3, 0.4) is 0 Å². The second kappa shape index (κ2) is 8.04. The highest BCUT2D eigenvalue weighted by molar-refractivity contribution is 7.17. The lowest BCUT2D eigenvalue weighted by molar-refractivity contribution is 0.100. The third-order valence-electron chi connectivity index (χ3n) is 4.98. The van der Waals surface area contributed by atoms with Crippen LogP contribution >= 0.6 is 11.3 Å². The van der Waals surface area contributed by atoms with Gasteiger partial charge in [-0.1, -0.05) is 38.8 Å². The van der Waals surface area contributed by atoms with Crippen LogP contribution in [0.1, 0.15) is 82.2 Å². The number of nitrogens with one attached hydrogen (secondary N) is 1. The quantitative estimate of drug-likeness (QED) is 0.805. The van der Waals surface area contributed by atoms with E-state index < -0.39 is 5.91 Å². The molecule has 1 heterocycles. The van der Waals surface area contributed by atoms with Crippen molar-refractivity contribution in [2.45, 2.75) is 58.3 Å². The highest BCUT2D eigenvalue weighted by Gasteiger charge is 2.24. The van der Waals surface area contributed by atoms with Gasteiger partial charge < -0.3 is 11.1 Å². The third-order valence-corrected chi connectivity index (χ3v) is 6.19. The molecule has 1 aromatic heterocycles. The van der Waals surface area contributed by atoms with E-state index in [9.17, 15) is 9.59 Å². The van der Waals surface area contributed by atoms with Gasteiger partial charge in [0.2, 0.25) is 0 Å². The fourth-order valence-corrected chi connectivity index (χ4v) is 4.75. The maximum absolute atomic E-state index is 12.7. The summed E-state index contributed by atoms with van der Waals surface area (Å²) in [6.45, 7) is 4.24. The molecule has 0 spiro atoms. The van der Waals surface area contributed by atoms with Gasteiger partial charge in [-0.15, -0.1) is 11.3 Å². The molecule has 3 N–H and O–H groups in total. The Bertz CT molecular complexity index is 806. The fraction of sp³-hybridized carbons (Fsp3) is 0.429. The molecule has 0 atom stereocenters. The number of hydrogen-bond donors (Lipinski definition) is 2. The molecule has 4 nitrogen and oxygen atoms in total. The predicted octanol–water partition coefficient (Wildman–Crippen LogP) is 4.88. The number of rotatable bonds is 4. The number of primary amides is 1. The summed E-state index contributed by atoms with van der Waals surface area (Å²) in [5.41, 5.74) is 9.00. The first-order valence-electron chi connectivity index (χ1n) is 9.33. The topological polar surface area (TPSA) is 72.2 Å². The summed E-state index contributed by atoms with van der Waals surface area (Å²) >= 11 is 1.51. The largest absolute Gasteiger partial charge is 0.365 e. The highest BCUT2D eigenvalue weighted by Crippen LogP contribution is 2.37. The first-order chi connectivity index (χ1) is 12.5. The lowest BCUT2D eigenvalue weighted by atomic mass is 9.96. The Hall–Kier alpha value is -2.14. The smallest absolute Gasteiger partial charge is 0.256 e.